The first kappa shape index (κ1) is 14.5. The Morgan fingerprint density at radius 3 is 2.55 bits per heavy atom. The second-order valence-corrected chi connectivity index (χ2v) is 5.20. The molecule has 2 amide bonds. The van der Waals surface area contributed by atoms with E-state index in [-0.39, 0.29) is 11.8 Å². The molecule has 0 aliphatic carbocycles. The van der Waals surface area contributed by atoms with E-state index < -0.39 is 11.9 Å². The number of carbonyl (C=O) groups is 2. The number of amides is 2. The van der Waals surface area contributed by atoms with E-state index in [1.165, 1.54) is 0 Å². The van der Waals surface area contributed by atoms with Crippen molar-refractivity contribution in [3.05, 3.63) is 35.4 Å². The smallest absolute Gasteiger partial charge is 0.240 e. The average molecular weight is 275 g/mol. The van der Waals surface area contributed by atoms with Gasteiger partial charge in [0.1, 0.15) is 6.04 Å². The number of hydrogen-bond donors (Lipinski definition) is 2. The highest BCUT2D eigenvalue weighted by Crippen LogP contribution is 2.25. The lowest BCUT2D eigenvalue weighted by Gasteiger charge is -2.37. The highest BCUT2D eigenvalue weighted by atomic mass is 16.2. The van der Waals surface area contributed by atoms with Crippen molar-refractivity contribution >= 4 is 11.8 Å². The van der Waals surface area contributed by atoms with E-state index in [4.69, 9.17) is 11.5 Å². The van der Waals surface area contributed by atoms with Gasteiger partial charge in [-0.2, -0.15) is 0 Å². The van der Waals surface area contributed by atoms with Gasteiger partial charge in [-0.15, -0.1) is 0 Å². The third-order valence-corrected chi connectivity index (χ3v) is 3.99. The SMILES string of the molecule is CCC(CN)C(=O)N1Cc2ccccc2C[C@H]1C(N)=O. The zero-order chi connectivity index (χ0) is 14.7. The molecule has 0 spiro atoms. The molecule has 1 aliphatic rings. The van der Waals surface area contributed by atoms with Crippen LogP contribution in [0.5, 0.6) is 0 Å². The zero-order valence-corrected chi connectivity index (χ0v) is 11.7. The molecule has 2 atom stereocenters. The first-order valence-corrected chi connectivity index (χ1v) is 6.95. The van der Waals surface area contributed by atoms with Crippen molar-refractivity contribution in [1.29, 1.82) is 0 Å². The number of primary amides is 1. The van der Waals surface area contributed by atoms with Crippen molar-refractivity contribution < 1.29 is 9.59 Å². The van der Waals surface area contributed by atoms with Crippen LogP contribution in [0.15, 0.2) is 24.3 Å². The predicted octanol–water partition coefficient (Wildman–Crippen LogP) is 0.410. The maximum absolute atomic E-state index is 12.5. The van der Waals surface area contributed by atoms with Gasteiger partial charge >= 0.3 is 0 Å². The fourth-order valence-electron chi connectivity index (χ4n) is 2.69. The zero-order valence-electron chi connectivity index (χ0n) is 11.7. The highest BCUT2D eigenvalue weighted by Gasteiger charge is 2.35. The molecule has 5 heteroatoms. The van der Waals surface area contributed by atoms with Crippen LogP contribution in [0.2, 0.25) is 0 Å². The second kappa shape index (κ2) is 6.05. The minimum absolute atomic E-state index is 0.0756. The molecule has 4 N–H and O–H groups in total. The second-order valence-electron chi connectivity index (χ2n) is 5.20. The van der Waals surface area contributed by atoms with Crippen LogP contribution in [0.25, 0.3) is 0 Å². The predicted molar refractivity (Wildman–Crippen MR) is 76.5 cm³/mol. The van der Waals surface area contributed by atoms with Crippen molar-refractivity contribution in [2.24, 2.45) is 17.4 Å². The molecule has 0 saturated heterocycles. The van der Waals surface area contributed by atoms with E-state index in [0.29, 0.717) is 25.9 Å². The van der Waals surface area contributed by atoms with Gasteiger partial charge in [-0.25, -0.2) is 0 Å². The average Bonchev–Trinajstić information content (AvgIpc) is 2.46. The Labute approximate surface area is 118 Å². The molecular weight excluding hydrogens is 254 g/mol. The Morgan fingerprint density at radius 1 is 1.35 bits per heavy atom. The van der Waals surface area contributed by atoms with Gasteiger partial charge in [0.25, 0.3) is 0 Å². The number of carbonyl (C=O) groups excluding carboxylic acids is 2. The first-order valence-electron chi connectivity index (χ1n) is 6.95. The van der Waals surface area contributed by atoms with Crippen molar-refractivity contribution in [1.82, 2.24) is 4.90 Å². The number of fused-ring (bicyclic) bond motifs is 1. The van der Waals surface area contributed by atoms with E-state index in [0.717, 1.165) is 11.1 Å². The number of hydrogen-bond acceptors (Lipinski definition) is 3. The van der Waals surface area contributed by atoms with Gasteiger partial charge in [0, 0.05) is 19.5 Å². The molecule has 0 radical (unpaired) electrons. The van der Waals surface area contributed by atoms with Crippen molar-refractivity contribution in [2.75, 3.05) is 6.54 Å². The van der Waals surface area contributed by atoms with Crippen LogP contribution < -0.4 is 11.5 Å². The third kappa shape index (κ3) is 2.67. The van der Waals surface area contributed by atoms with Crippen LogP contribution in [-0.4, -0.2) is 29.3 Å². The van der Waals surface area contributed by atoms with Gasteiger partial charge < -0.3 is 16.4 Å². The van der Waals surface area contributed by atoms with Gasteiger partial charge in [-0.05, 0) is 17.5 Å². The van der Waals surface area contributed by atoms with Gasteiger partial charge in [0.05, 0.1) is 5.92 Å². The highest BCUT2D eigenvalue weighted by molar-refractivity contribution is 5.88. The Hall–Kier alpha value is -1.88. The minimum atomic E-state index is -0.571. The molecular formula is C15H21N3O2. The molecule has 2 rings (SSSR count). The van der Waals surface area contributed by atoms with Crippen LogP contribution in [-0.2, 0) is 22.6 Å². The Balaban J connectivity index is 2.31. The van der Waals surface area contributed by atoms with Gasteiger partial charge in [0.15, 0.2) is 0 Å². The maximum atomic E-state index is 12.5. The standard InChI is InChI=1S/C15H21N3O2/c1-2-10(8-16)15(20)18-9-12-6-4-3-5-11(12)7-13(18)14(17)19/h3-6,10,13H,2,7-9,16H2,1H3,(H2,17,19)/t10?,13-/m0/s1. The lowest BCUT2D eigenvalue weighted by Crippen LogP contribution is -2.53. The summed E-state index contributed by atoms with van der Waals surface area (Å²) in [5.74, 6) is -0.782. The minimum Gasteiger partial charge on any atom is -0.368 e. The summed E-state index contributed by atoms with van der Waals surface area (Å²) < 4.78 is 0. The van der Waals surface area contributed by atoms with E-state index in [9.17, 15) is 9.59 Å². The van der Waals surface area contributed by atoms with Gasteiger partial charge in [-0.1, -0.05) is 31.2 Å². The summed E-state index contributed by atoms with van der Waals surface area (Å²) in [4.78, 5) is 25.8. The van der Waals surface area contributed by atoms with Gasteiger partial charge in [0.2, 0.25) is 11.8 Å². The topological polar surface area (TPSA) is 89.4 Å². The molecule has 1 heterocycles. The van der Waals surface area contributed by atoms with Crippen LogP contribution in [0.4, 0.5) is 0 Å². The molecule has 0 aromatic heterocycles. The summed E-state index contributed by atoms with van der Waals surface area (Å²) in [5, 5.41) is 0. The Morgan fingerprint density at radius 2 is 2.00 bits per heavy atom. The summed E-state index contributed by atoms with van der Waals surface area (Å²) in [5.41, 5.74) is 13.3. The van der Waals surface area contributed by atoms with E-state index in [2.05, 4.69) is 0 Å². The van der Waals surface area contributed by atoms with E-state index >= 15 is 0 Å². The summed E-state index contributed by atoms with van der Waals surface area (Å²) in [7, 11) is 0. The molecule has 1 aromatic carbocycles. The van der Waals surface area contributed by atoms with Crippen LogP contribution in [0.3, 0.4) is 0 Å². The number of rotatable bonds is 4. The molecule has 0 saturated carbocycles. The molecule has 1 aliphatic heterocycles. The molecule has 0 bridgehead atoms. The molecule has 1 aromatic rings. The van der Waals surface area contributed by atoms with Crippen LogP contribution in [0.1, 0.15) is 24.5 Å². The normalized spacial score (nSPS) is 19.3. The molecule has 1 unspecified atom stereocenters. The first-order chi connectivity index (χ1) is 9.58. The quantitative estimate of drug-likeness (QED) is 0.834. The van der Waals surface area contributed by atoms with Crippen molar-refractivity contribution in [3.63, 3.8) is 0 Å². The van der Waals surface area contributed by atoms with Crippen LogP contribution in [0, 0.1) is 5.92 Å². The number of benzene rings is 1. The summed E-state index contributed by atoms with van der Waals surface area (Å²) in [6.45, 7) is 2.64. The summed E-state index contributed by atoms with van der Waals surface area (Å²) in [6, 6.07) is 7.26. The molecule has 20 heavy (non-hydrogen) atoms. The fourth-order valence-corrected chi connectivity index (χ4v) is 2.69. The lowest BCUT2D eigenvalue weighted by atomic mass is 9.92. The molecule has 0 fully saturated rings. The van der Waals surface area contributed by atoms with E-state index in [1.807, 2.05) is 31.2 Å². The fraction of sp³-hybridized carbons (Fsp3) is 0.467. The largest absolute Gasteiger partial charge is 0.368 e. The lowest BCUT2D eigenvalue weighted by molar-refractivity contribution is -0.143. The Kier molecular flexibility index (Phi) is 4.39. The summed E-state index contributed by atoms with van der Waals surface area (Å²) >= 11 is 0. The molecule has 5 nitrogen and oxygen atoms in total. The van der Waals surface area contributed by atoms with Crippen molar-refractivity contribution in [3.8, 4) is 0 Å². The van der Waals surface area contributed by atoms with Crippen molar-refractivity contribution in [2.45, 2.75) is 32.4 Å². The number of nitrogens with zero attached hydrogens (tertiary/aromatic N) is 1. The number of nitrogens with two attached hydrogens (primary N) is 2. The molecule has 108 valence electrons. The third-order valence-electron chi connectivity index (χ3n) is 3.99. The van der Waals surface area contributed by atoms with Gasteiger partial charge in [-0.3, -0.25) is 9.59 Å². The monoisotopic (exact) mass is 275 g/mol. The summed E-state index contributed by atoms with van der Waals surface area (Å²) in [6.07, 6.45) is 1.15. The Bertz CT molecular complexity index is 512. The maximum Gasteiger partial charge on any atom is 0.240 e. The van der Waals surface area contributed by atoms with E-state index in [1.54, 1.807) is 4.90 Å². The van der Waals surface area contributed by atoms with Crippen LogP contribution >= 0.6 is 0 Å².